The van der Waals surface area contributed by atoms with Gasteiger partial charge in [0.2, 0.25) is 0 Å². The molecule has 0 aliphatic carbocycles. The van der Waals surface area contributed by atoms with Crippen LogP contribution in [0.1, 0.15) is 38.4 Å². The second-order valence-corrected chi connectivity index (χ2v) is 6.42. The molecule has 0 aliphatic rings. The molecule has 29 heavy (non-hydrogen) atoms. The van der Waals surface area contributed by atoms with Crippen LogP contribution < -0.4 is 15.4 Å². The number of benzene rings is 1. The Bertz CT molecular complexity index is 936. The molecule has 0 bridgehead atoms. The molecule has 3 aromatic rings. The Balaban J connectivity index is 0.00000300. The Labute approximate surface area is 188 Å². The molecule has 0 saturated carbocycles. The Kier molecular flexibility index (Phi) is 8.74. The first-order chi connectivity index (χ1) is 13.7. The molecule has 1 aromatic carbocycles. The molecule has 1 unspecified atom stereocenters. The van der Waals surface area contributed by atoms with Gasteiger partial charge in [-0.2, -0.15) is 0 Å². The quantitative estimate of drug-likeness (QED) is 0.273. The minimum atomic E-state index is -0.0470. The first-order valence-electron chi connectivity index (χ1n) is 9.65. The molecule has 9 heteroatoms. The molecule has 3 rings (SSSR count). The maximum absolute atomic E-state index is 6.06. The van der Waals surface area contributed by atoms with Crippen LogP contribution in [0.5, 0.6) is 5.75 Å². The summed E-state index contributed by atoms with van der Waals surface area (Å²) in [7, 11) is 1.75. The number of hydrogen-bond acceptors (Lipinski definition) is 5. The van der Waals surface area contributed by atoms with E-state index in [1.807, 2.05) is 42.7 Å². The number of rotatable bonds is 8. The molecule has 158 valence electrons. The molecular formula is C20H29IN6O2. The zero-order valence-electron chi connectivity index (χ0n) is 17.3. The van der Waals surface area contributed by atoms with Crippen LogP contribution in [0.25, 0.3) is 11.0 Å². The number of nitrogens with zero attached hydrogens (tertiary/aromatic N) is 4. The van der Waals surface area contributed by atoms with Crippen LogP contribution in [0.2, 0.25) is 0 Å². The van der Waals surface area contributed by atoms with Crippen molar-refractivity contribution in [3.8, 4) is 5.75 Å². The molecule has 0 radical (unpaired) electrons. The average Bonchev–Trinajstić information content (AvgIpc) is 3.34. The van der Waals surface area contributed by atoms with Gasteiger partial charge in [0.25, 0.3) is 0 Å². The van der Waals surface area contributed by atoms with Gasteiger partial charge in [0.1, 0.15) is 17.9 Å². The third-order valence-corrected chi connectivity index (χ3v) is 4.49. The second kappa shape index (κ2) is 11.0. The second-order valence-electron chi connectivity index (χ2n) is 6.42. The summed E-state index contributed by atoms with van der Waals surface area (Å²) in [4.78, 5) is 4.30. The van der Waals surface area contributed by atoms with Gasteiger partial charge in [-0.15, -0.1) is 34.2 Å². The third kappa shape index (κ3) is 5.62. The fraction of sp³-hybridized carbons (Fsp3) is 0.450. The van der Waals surface area contributed by atoms with Gasteiger partial charge in [0, 0.05) is 31.9 Å². The SMILES string of the molecule is CCOc1cccc2cc(C(C)NC(=NC)NCCn3cnnc3CC)oc12.I. The first-order valence-corrected chi connectivity index (χ1v) is 9.65. The highest BCUT2D eigenvalue weighted by Gasteiger charge is 2.15. The van der Waals surface area contributed by atoms with Crippen molar-refractivity contribution in [3.63, 3.8) is 0 Å². The van der Waals surface area contributed by atoms with Crippen molar-refractivity contribution in [1.29, 1.82) is 0 Å². The summed E-state index contributed by atoms with van der Waals surface area (Å²) in [6.45, 7) is 8.16. The monoisotopic (exact) mass is 512 g/mol. The van der Waals surface area contributed by atoms with Crippen molar-refractivity contribution in [2.45, 2.75) is 39.8 Å². The van der Waals surface area contributed by atoms with E-state index in [0.717, 1.165) is 41.3 Å². The van der Waals surface area contributed by atoms with Crippen molar-refractivity contribution >= 4 is 40.9 Å². The Morgan fingerprint density at radius 3 is 2.90 bits per heavy atom. The van der Waals surface area contributed by atoms with E-state index in [9.17, 15) is 0 Å². The summed E-state index contributed by atoms with van der Waals surface area (Å²) in [6.07, 6.45) is 2.61. The van der Waals surface area contributed by atoms with E-state index in [2.05, 4.69) is 32.7 Å². The molecular weight excluding hydrogens is 483 g/mol. The summed E-state index contributed by atoms with van der Waals surface area (Å²) in [5.74, 6) is 3.29. The van der Waals surface area contributed by atoms with Crippen LogP contribution >= 0.6 is 24.0 Å². The van der Waals surface area contributed by atoms with Crippen LogP contribution in [0.15, 0.2) is 40.0 Å². The normalized spacial score (nSPS) is 12.5. The molecule has 2 aromatic heterocycles. The van der Waals surface area contributed by atoms with E-state index in [4.69, 9.17) is 9.15 Å². The molecule has 0 saturated heterocycles. The molecule has 2 heterocycles. The van der Waals surface area contributed by atoms with Crippen molar-refractivity contribution in [2.24, 2.45) is 4.99 Å². The van der Waals surface area contributed by atoms with Crippen LogP contribution in [-0.2, 0) is 13.0 Å². The van der Waals surface area contributed by atoms with Crippen LogP contribution in [0.4, 0.5) is 0 Å². The van der Waals surface area contributed by atoms with Gasteiger partial charge >= 0.3 is 0 Å². The van der Waals surface area contributed by atoms with Crippen molar-refractivity contribution in [2.75, 3.05) is 20.2 Å². The van der Waals surface area contributed by atoms with Gasteiger partial charge in [0.05, 0.1) is 12.6 Å². The predicted octanol–water partition coefficient (Wildman–Crippen LogP) is 3.53. The van der Waals surface area contributed by atoms with Gasteiger partial charge in [-0.3, -0.25) is 4.99 Å². The zero-order chi connectivity index (χ0) is 19.9. The number of aryl methyl sites for hydroxylation is 1. The standard InChI is InChI=1S/C20H28N6O2.HI/c1-5-18-25-23-13-26(18)11-10-22-20(21-4)24-14(3)17-12-15-8-7-9-16(27-6-2)19(15)28-17;/h7-9,12-14H,5-6,10-11H2,1-4H3,(H2,21,22,24);1H. The maximum Gasteiger partial charge on any atom is 0.191 e. The van der Waals surface area contributed by atoms with Gasteiger partial charge in [-0.25, -0.2) is 0 Å². The van der Waals surface area contributed by atoms with E-state index < -0.39 is 0 Å². The van der Waals surface area contributed by atoms with Gasteiger partial charge in [-0.1, -0.05) is 19.1 Å². The minimum Gasteiger partial charge on any atom is -0.490 e. The number of para-hydroxylation sites is 1. The van der Waals surface area contributed by atoms with Crippen molar-refractivity contribution in [1.82, 2.24) is 25.4 Å². The van der Waals surface area contributed by atoms with Crippen molar-refractivity contribution in [3.05, 3.63) is 42.2 Å². The topological polar surface area (TPSA) is 89.5 Å². The zero-order valence-corrected chi connectivity index (χ0v) is 19.6. The predicted molar refractivity (Wildman–Crippen MR) is 125 cm³/mol. The Morgan fingerprint density at radius 1 is 1.34 bits per heavy atom. The van der Waals surface area contributed by atoms with Gasteiger partial charge in [-0.05, 0) is 26.0 Å². The summed E-state index contributed by atoms with van der Waals surface area (Å²) < 4.78 is 13.8. The van der Waals surface area contributed by atoms with E-state index in [0.29, 0.717) is 19.1 Å². The van der Waals surface area contributed by atoms with E-state index >= 15 is 0 Å². The largest absolute Gasteiger partial charge is 0.490 e. The molecule has 0 spiro atoms. The number of nitrogens with one attached hydrogen (secondary N) is 2. The summed E-state index contributed by atoms with van der Waals surface area (Å²) in [6, 6.07) is 7.91. The number of aliphatic imine (C=N–C) groups is 1. The lowest BCUT2D eigenvalue weighted by atomic mass is 10.2. The molecule has 2 N–H and O–H groups in total. The number of ether oxygens (including phenoxy) is 1. The first kappa shape index (κ1) is 23.0. The van der Waals surface area contributed by atoms with Crippen LogP contribution in [0, 0.1) is 0 Å². The van der Waals surface area contributed by atoms with Crippen molar-refractivity contribution < 1.29 is 9.15 Å². The van der Waals surface area contributed by atoms with E-state index in [1.165, 1.54) is 0 Å². The Hall–Kier alpha value is -2.30. The number of halogens is 1. The van der Waals surface area contributed by atoms with Crippen LogP contribution in [0.3, 0.4) is 0 Å². The lowest BCUT2D eigenvalue weighted by Crippen LogP contribution is -2.40. The summed E-state index contributed by atoms with van der Waals surface area (Å²) >= 11 is 0. The molecule has 1 atom stereocenters. The minimum absolute atomic E-state index is 0. The summed E-state index contributed by atoms with van der Waals surface area (Å²) in [5, 5.41) is 15.8. The van der Waals surface area contributed by atoms with E-state index in [1.54, 1.807) is 13.4 Å². The molecule has 0 fully saturated rings. The maximum atomic E-state index is 6.06. The van der Waals surface area contributed by atoms with Gasteiger partial charge < -0.3 is 24.4 Å². The number of fused-ring (bicyclic) bond motifs is 1. The number of guanidine groups is 1. The number of hydrogen-bond donors (Lipinski definition) is 2. The number of furan rings is 1. The highest BCUT2D eigenvalue weighted by Crippen LogP contribution is 2.31. The highest BCUT2D eigenvalue weighted by molar-refractivity contribution is 14.0. The lowest BCUT2D eigenvalue weighted by molar-refractivity contribution is 0.336. The van der Waals surface area contributed by atoms with Gasteiger partial charge in [0.15, 0.2) is 17.3 Å². The smallest absolute Gasteiger partial charge is 0.191 e. The third-order valence-electron chi connectivity index (χ3n) is 4.49. The fourth-order valence-electron chi connectivity index (χ4n) is 3.04. The molecule has 0 amide bonds. The Morgan fingerprint density at radius 2 is 2.17 bits per heavy atom. The van der Waals surface area contributed by atoms with E-state index in [-0.39, 0.29) is 30.0 Å². The van der Waals surface area contributed by atoms with Crippen LogP contribution in [-0.4, -0.2) is 40.9 Å². The number of aromatic nitrogens is 3. The summed E-state index contributed by atoms with van der Waals surface area (Å²) in [5.41, 5.74) is 0.774. The molecule has 8 nitrogen and oxygen atoms in total. The highest BCUT2D eigenvalue weighted by atomic mass is 127. The average molecular weight is 512 g/mol. The lowest BCUT2D eigenvalue weighted by Gasteiger charge is -2.16. The molecule has 0 aliphatic heterocycles. The fourth-order valence-corrected chi connectivity index (χ4v) is 3.04.